The van der Waals surface area contributed by atoms with Crippen LogP contribution < -0.4 is 5.32 Å². The van der Waals surface area contributed by atoms with Gasteiger partial charge < -0.3 is 10.2 Å². The number of amides is 4. The smallest absolute Gasteiger partial charge is 0.325 e. The molecule has 1 N–H and O–H groups in total. The lowest BCUT2D eigenvalue weighted by molar-refractivity contribution is -0.135. The summed E-state index contributed by atoms with van der Waals surface area (Å²) in [6, 6.07) is 0.0134. The molecule has 2 saturated carbocycles. The lowest BCUT2D eigenvalue weighted by Crippen LogP contribution is -2.48. The molecule has 0 aromatic heterocycles. The summed E-state index contributed by atoms with van der Waals surface area (Å²) in [6.07, 6.45) is 10.5. The van der Waals surface area contributed by atoms with Gasteiger partial charge in [0.15, 0.2) is 0 Å². The maximum Gasteiger partial charge on any atom is 0.325 e. The lowest BCUT2D eigenvalue weighted by Gasteiger charge is -2.34. The van der Waals surface area contributed by atoms with Crippen LogP contribution in [0.25, 0.3) is 0 Å². The number of hydrogen-bond acceptors (Lipinski definition) is 3. The molecule has 1 spiro atoms. The van der Waals surface area contributed by atoms with Crippen LogP contribution >= 0.6 is 0 Å². The summed E-state index contributed by atoms with van der Waals surface area (Å²) in [5, 5.41) is 2.91. The van der Waals surface area contributed by atoms with Crippen molar-refractivity contribution in [3.8, 4) is 0 Å². The van der Waals surface area contributed by atoms with Crippen molar-refractivity contribution in [2.24, 2.45) is 0 Å². The highest BCUT2D eigenvalue weighted by molar-refractivity contribution is 6.07. The van der Waals surface area contributed by atoms with E-state index in [0.717, 1.165) is 44.9 Å². The fourth-order valence-corrected chi connectivity index (χ4v) is 4.76. The highest BCUT2D eigenvalue weighted by atomic mass is 16.2. The predicted molar refractivity (Wildman–Crippen MR) is 94.9 cm³/mol. The molecule has 140 valence electrons. The summed E-state index contributed by atoms with van der Waals surface area (Å²) in [5.74, 6) is -0.0506. The average Bonchev–Trinajstić information content (AvgIpc) is 2.85. The van der Waals surface area contributed by atoms with Crippen LogP contribution in [0.4, 0.5) is 4.79 Å². The molecule has 2 aliphatic carbocycles. The molecule has 3 rings (SSSR count). The van der Waals surface area contributed by atoms with E-state index in [9.17, 15) is 14.4 Å². The summed E-state index contributed by atoms with van der Waals surface area (Å²) in [4.78, 5) is 40.9. The maximum absolute atomic E-state index is 12.8. The van der Waals surface area contributed by atoms with Crippen molar-refractivity contribution >= 4 is 17.8 Å². The van der Waals surface area contributed by atoms with Gasteiger partial charge in [0.05, 0.1) is 0 Å². The predicted octanol–water partition coefficient (Wildman–Crippen LogP) is 2.81. The molecule has 1 aliphatic heterocycles. The van der Waals surface area contributed by atoms with E-state index in [4.69, 9.17) is 0 Å². The topological polar surface area (TPSA) is 69.7 Å². The van der Waals surface area contributed by atoms with Gasteiger partial charge in [-0.05, 0) is 32.6 Å². The molecular weight excluding hydrogens is 318 g/mol. The van der Waals surface area contributed by atoms with Crippen molar-refractivity contribution in [1.82, 2.24) is 15.1 Å². The van der Waals surface area contributed by atoms with Crippen LogP contribution in [0.5, 0.6) is 0 Å². The Bertz CT molecular complexity index is 522. The summed E-state index contributed by atoms with van der Waals surface area (Å²) >= 11 is 0. The summed E-state index contributed by atoms with van der Waals surface area (Å²) < 4.78 is 0. The molecule has 0 aromatic carbocycles. The van der Waals surface area contributed by atoms with Gasteiger partial charge in [-0.2, -0.15) is 0 Å². The van der Waals surface area contributed by atoms with Crippen LogP contribution in [0.1, 0.15) is 77.6 Å². The second-order valence-electron chi connectivity index (χ2n) is 7.75. The minimum absolute atomic E-state index is 0.0691. The van der Waals surface area contributed by atoms with Crippen molar-refractivity contribution < 1.29 is 14.4 Å². The first-order chi connectivity index (χ1) is 12.1. The van der Waals surface area contributed by atoms with Crippen LogP contribution in [0.2, 0.25) is 0 Å². The van der Waals surface area contributed by atoms with E-state index in [1.54, 1.807) is 0 Å². The maximum atomic E-state index is 12.8. The molecule has 6 nitrogen and oxygen atoms in total. The minimum Gasteiger partial charge on any atom is -0.340 e. The van der Waals surface area contributed by atoms with E-state index in [1.807, 2.05) is 11.8 Å². The van der Waals surface area contributed by atoms with Gasteiger partial charge in [-0.15, -0.1) is 0 Å². The molecule has 0 atom stereocenters. The zero-order valence-electron chi connectivity index (χ0n) is 15.4. The van der Waals surface area contributed by atoms with E-state index < -0.39 is 5.54 Å². The second-order valence-corrected chi connectivity index (χ2v) is 7.75. The SMILES string of the molecule is CCN(C(=O)CCN1C(=O)NC2(CCCCC2)C1=O)C1CCCCC1. The van der Waals surface area contributed by atoms with Crippen LogP contribution in [-0.2, 0) is 9.59 Å². The molecule has 25 heavy (non-hydrogen) atoms. The Kier molecular flexibility index (Phi) is 5.64. The molecule has 0 radical (unpaired) electrons. The molecular formula is C19H31N3O3. The third kappa shape index (κ3) is 3.67. The number of urea groups is 1. The van der Waals surface area contributed by atoms with Gasteiger partial charge in [0.25, 0.3) is 5.91 Å². The zero-order valence-corrected chi connectivity index (χ0v) is 15.4. The van der Waals surface area contributed by atoms with Crippen LogP contribution in [0.15, 0.2) is 0 Å². The number of rotatable bonds is 5. The van der Waals surface area contributed by atoms with Crippen molar-refractivity contribution in [1.29, 1.82) is 0 Å². The number of nitrogens with zero attached hydrogens (tertiary/aromatic N) is 2. The Morgan fingerprint density at radius 1 is 1.12 bits per heavy atom. The van der Waals surface area contributed by atoms with E-state index in [1.165, 1.54) is 24.2 Å². The van der Waals surface area contributed by atoms with E-state index in [-0.39, 0.29) is 30.8 Å². The first-order valence-corrected chi connectivity index (χ1v) is 10.0. The number of imide groups is 1. The minimum atomic E-state index is -0.688. The molecule has 0 unspecified atom stereocenters. The molecule has 3 aliphatic rings. The Hall–Kier alpha value is -1.59. The quantitative estimate of drug-likeness (QED) is 0.776. The van der Waals surface area contributed by atoms with E-state index >= 15 is 0 Å². The van der Waals surface area contributed by atoms with Crippen LogP contribution in [-0.4, -0.2) is 52.3 Å². The highest BCUT2D eigenvalue weighted by Gasteiger charge is 2.51. The lowest BCUT2D eigenvalue weighted by atomic mass is 9.82. The monoisotopic (exact) mass is 349 g/mol. The first kappa shape index (κ1) is 18.2. The molecule has 4 amide bonds. The zero-order chi connectivity index (χ0) is 17.9. The van der Waals surface area contributed by atoms with Crippen molar-refractivity contribution in [2.75, 3.05) is 13.1 Å². The van der Waals surface area contributed by atoms with Gasteiger partial charge >= 0.3 is 6.03 Å². The Morgan fingerprint density at radius 3 is 2.40 bits per heavy atom. The summed E-state index contributed by atoms with van der Waals surface area (Å²) in [7, 11) is 0. The third-order valence-electron chi connectivity index (χ3n) is 6.18. The summed E-state index contributed by atoms with van der Waals surface area (Å²) in [5.41, 5.74) is -0.688. The van der Waals surface area contributed by atoms with Crippen LogP contribution in [0, 0.1) is 0 Å². The molecule has 6 heteroatoms. The summed E-state index contributed by atoms with van der Waals surface area (Å²) in [6.45, 7) is 2.92. The highest BCUT2D eigenvalue weighted by Crippen LogP contribution is 2.33. The fraction of sp³-hybridized carbons (Fsp3) is 0.842. The van der Waals surface area contributed by atoms with Gasteiger partial charge in [-0.25, -0.2) is 4.79 Å². The fourth-order valence-electron chi connectivity index (χ4n) is 4.76. The van der Waals surface area contributed by atoms with Gasteiger partial charge in [0.2, 0.25) is 5.91 Å². The normalized spacial score (nSPS) is 23.8. The second kappa shape index (κ2) is 7.75. The Morgan fingerprint density at radius 2 is 1.76 bits per heavy atom. The van der Waals surface area contributed by atoms with Crippen molar-refractivity contribution in [2.45, 2.75) is 89.1 Å². The number of nitrogens with one attached hydrogen (secondary N) is 1. The van der Waals surface area contributed by atoms with Gasteiger partial charge in [0.1, 0.15) is 5.54 Å². The van der Waals surface area contributed by atoms with Gasteiger partial charge in [-0.1, -0.05) is 38.5 Å². The largest absolute Gasteiger partial charge is 0.340 e. The van der Waals surface area contributed by atoms with Crippen molar-refractivity contribution in [3.05, 3.63) is 0 Å². The third-order valence-corrected chi connectivity index (χ3v) is 6.18. The Balaban J connectivity index is 1.57. The van der Waals surface area contributed by atoms with Gasteiger partial charge in [0, 0.05) is 25.6 Å². The van der Waals surface area contributed by atoms with Gasteiger partial charge in [-0.3, -0.25) is 14.5 Å². The first-order valence-electron chi connectivity index (χ1n) is 10.0. The molecule has 1 saturated heterocycles. The molecule has 3 fully saturated rings. The van der Waals surface area contributed by atoms with E-state index in [2.05, 4.69) is 5.32 Å². The molecule has 0 aromatic rings. The van der Waals surface area contributed by atoms with Crippen LogP contribution in [0.3, 0.4) is 0 Å². The standard InChI is InChI=1S/C19H31N3O3/c1-2-21(15-9-5-3-6-10-15)16(23)11-14-22-17(24)19(20-18(22)25)12-7-4-8-13-19/h15H,2-14H2,1H3,(H,20,25). The Labute approximate surface area is 150 Å². The molecule has 1 heterocycles. The number of carbonyl (C=O) groups is 3. The van der Waals surface area contributed by atoms with E-state index in [0.29, 0.717) is 12.6 Å². The number of carbonyl (C=O) groups excluding carboxylic acids is 3. The molecule has 0 bridgehead atoms. The average molecular weight is 349 g/mol. The number of hydrogen-bond donors (Lipinski definition) is 1. The van der Waals surface area contributed by atoms with Crippen molar-refractivity contribution in [3.63, 3.8) is 0 Å².